The molecule has 4 atom stereocenters. The Labute approximate surface area is 375 Å². The van der Waals surface area contributed by atoms with Crippen LogP contribution in [0.3, 0.4) is 0 Å². The number of carboxylic acid groups (broad SMARTS) is 2. The average Bonchev–Trinajstić information content (AvgIpc) is 3.94. The van der Waals surface area contributed by atoms with Crippen molar-refractivity contribution in [2.75, 3.05) is 0 Å². The molecular formula is C52H60N4O8. The molecule has 12 heteroatoms. The number of fused-ring (bicyclic) bond motifs is 2. The van der Waals surface area contributed by atoms with Crippen LogP contribution in [0.15, 0.2) is 97.1 Å². The van der Waals surface area contributed by atoms with Gasteiger partial charge in [0, 0.05) is 13.1 Å². The number of hydrogen-bond acceptors (Lipinski definition) is 6. The fourth-order valence-electron chi connectivity index (χ4n) is 10.5. The van der Waals surface area contributed by atoms with Crippen molar-refractivity contribution in [1.29, 1.82) is 0 Å². The third-order valence-electron chi connectivity index (χ3n) is 14.1. The predicted octanol–water partition coefficient (Wildman–Crippen LogP) is 6.86. The van der Waals surface area contributed by atoms with Crippen LogP contribution in [0.2, 0.25) is 0 Å². The quantitative estimate of drug-likeness (QED) is 0.106. The topological polar surface area (TPSA) is 173 Å². The highest BCUT2D eigenvalue weighted by Crippen LogP contribution is 2.35. The second-order valence-corrected chi connectivity index (χ2v) is 17.8. The molecule has 64 heavy (non-hydrogen) atoms. The van der Waals surface area contributed by atoms with Crippen LogP contribution in [0.4, 0.5) is 0 Å². The van der Waals surface area contributed by atoms with Crippen LogP contribution >= 0.6 is 0 Å². The Kier molecular flexibility index (Phi) is 14.3. The summed E-state index contributed by atoms with van der Waals surface area (Å²) in [5, 5.41) is 24.5. The maximum Gasteiger partial charge on any atom is 0.335 e. The van der Waals surface area contributed by atoms with Crippen molar-refractivity contribution in [2.24, 2.45) is 23.7 Å². The SMILES string of the molecule is CCC(CC)[C@@H]1C(=O)N[C@H](C2Cc3ccccc3C2)C(=O)N1Cc1ccc(C(=O)O)cc1.CCC(CC)[C@H]1C(=O)N[C@H](C2Cc3ccccc3C2)C(=O)N1Cc1ccc(C(=O)O)cc1. The summed E-state index contributed by atoms with van der Waals surface area (Å²) in [6.45, 7) is 8.78. The van der Waals surface area contributed by atoms with Crippen molar-refractivity contribution in [1.82, 2.24) is 20.4 Å². The monoisotopic (exact) mass is 868 g/mol. The molecule has 0 saturated carbocycles. The van der Waals surface area contributed by atoms with Crippen LogP contribution in [-0.2, 0) is 58.0 Å². The maximum absolute atomic E-state index is 13.8. The van der Waals surface area contributed by atoms with E-state index in [0.29, 0.717) is 13.1 Å². The number of carbonyl (C=O) groups is 6. The fourth-order valence-corrected chi connectivity index (χ4v) is 10.5. The highest BCUT2D eigenvalue weighted by molar-refractivity contribution is 5.98. The van der Waals surface area contributed by atoms with Gasteiger partial charge in [0.15, 0.2) is 0 Å². The molecule has 4 aliphatic rings. The van der Waals surface area contributed by atoms with Gasteiger partial charge in [-0.25, -0.2) is 9.59 Å². The number of rotatable bonds is 14. The van der Waals surface area contributed by atoms with Crippen molar-refractivity contribution >= 4 is 35.6 Å². The summed E-state index contributed by atoms with van der Waals surface area (Å²) >= 11 is 0. The molecule has 2 aliphatic carbocycles. The first-order valence-electron chi connectivity index (χ1n) is 22.8. The summed E-state index contributed by atoms with van der Waals surface area (Å²) in [5.74, 6) is -1.99. The minimum Gasteiger partial charge on any atom is -0.478 e. The van der Waals surface area contributed by atoms with E-state index in [0.717, 1.165) is 62.5 Å². The number of carbonyl (C=O) groups excluding carboxylic acids is 4. The lowest BCUT2D eigenvalue weighted by atomic mass is 9.86. The number of piperazine rings is 2. The smallest absolute Gasteiger partial charge is 0.335 e. The first kappa shape index (κ1) is 45.7. The van der Waals surface area contributed by atoms with Gasteiger partial charge in [-0.3, -0.25) is 19.2 Å². The van der Waals surface area contributed by atoms with E-state index >= 15 is 0 Å². The predicted molar refractivity (Wildman–Crippen MR) is 242 cm³/mol. The summed E-state index contributed by atoms with van der Waals surface area (Å²) in [6.07, 6.45) is 6.33. The first-order valence-corrected chi connectivity index (χ1v) is 22.8. The molecule has 4 aromatic carbocycles. The van der Waals surface area contributed by atoms with Gasteiger partial charge in [0.1, 0.15) is 24.2 Å². The van der Waals surface area contributed by atoms with Crippen LogP contribution in [0.5, 0.6) is 0 Å². The molecule has 2 fully saturated rings. The summed E-state index contributed by atoms with van der Waals surface area (Å²) < 4.78 is 0. The third kappa shape index (κ3) is 9.61. The molecule has 0 unspecified atom stereocenters. The fraction of sp³-hybridized carbons (Fsp3) is 0.423. The Hall–Kier alpha value is -6.30. The van der Waals surface area contributed by atoms with Gasteiger partial charge in [-0.1, -0.05) is 126 Å². The third-order valence-corrected chi connectivity index (χ3v) is 14.1. The second kappa shape index (κ2) is 20.0. The lowest BCUT2D eigenvalue weighted by Crippen LogP contribution is -2.66. The van der Waals surface area contributed by atoms with Crippen molar-refractivity contribution in [2.45, 2.75) is 116 Å². The molecule has 2 saturated heterocycles. The number of amides is 4. The molecule has 0 aromatic heterocycles. The van der Waals surface area contributed by atoms with Crippen LogP contribution < -0.4 is 10.6 Å². The molecule has 4 aromatic rings. The van der Waals surface area contributed by atoms with Crippen LogP contribution in [0.25, 0.3) is 0 Å². The number of nitrogens with zero attached hydrogens (tertiary/aromatic N) is 2. The standard InChI is InChI=1S/2C26H30N2O4/c2*1-3-17(4-2)23-24(29)27-22(21-13-19-7-5-6-8-20(19)14-21)25(30)28(23)15-16-9-11-18(12-10-16)26(31)32/h2*5-12,17,21-23H,3-4,13-15H2,1-2H3,(H,27,29)(H,31,32)/t22-,23+;22-,23-/m11/s1. The number of aromatic carboxylic acids is 2. The van der Waals surface area contributed by atoms with Gasteiger partial charge in [-0.05, 0) is 107 Å². The average molecular weight is 869 g/mol. The van der Waals surface area contributed by atoms with Crippen molar-refractivity contribution in [3.05, 3.63) is 142 Å². The molecule has 0 radical (unpaired) electrons. The number of carboxylic acids is 2. The zero-order valence-electron chi connectivity index (χ0n) is 37.2. The maximum atomic E-state index is 13.8. The lowest BCUT2D eigenvalue weighted by molar-refractivity contribution is -0.154. The molecule has 12 nitrogen and oxygen atoms in total. The highest BCUT2D eigenvalue weighted by Gasteiger charge is 2.48. The minimum atomic E-state index is -0.985. The molecule has 4 N–H and O–H groups in total. The van der Waals surface area contributed by atoms with Crippen LogP contribution in [0, 0.1) is 23.7 Å². The zero-order valence-corrected chi connectivity index (χ0v) is 37.2. The summed E-state index contributed by atoms with van der Waals surface area (Å²) in [5.41, 5.74) is 7.04. The highest BCUT2D eigenvalue weighted by atomic mass is 16.4. The van der Waals surface area contributed by atoms with Gasteiger partial charge in [0.2, 0.25) is 23.6 Å². The lowest BCUT2D eigenvalue weighted by Gasteiger charge is -2.43. The molecule has 336 valence electrons. The minimum absolute atomic E-state index is 0.0402. The summed E-state index contributed by atoms with van der Waals surface area (Å²) in [4.78, 5) is 79.9. The van der Waals surface area contributed by atoms with Crippen molar-refractivity contribution < 1.29 is 39.0 Å². The molecule has 2 heterocycles. The number of benzene rings is 4. The molecule has 0 spiro atoms. The van der Waals surface area contributed by atoms with E-state index in [-0.39, 0.29) is 58.4 Å². The van der Waals surface area contributed by atoms with Gasteiger partial charge in [0.25, 0.3) is 0 Å². The van der Waals surface area contributed by atoms with E-state index in [4.69, 9.17) is 10.2 Å². The number of hydrogen-bond donors (Lipinski definition) is 4. The van der Waals surface area contributed by atoms with Gasteiger partial charge in [-0.2, -0.15) is 0 Å². The number of nitrogens with one attached hydrogen (secondary N) is 2. The van der Waals surface area contributed by atoms with Crippen LogP contribution in [-0.4, -0.2) is 79.7 Å². The Balaban J connectivity index is 0.000000191. The van der Waals surface area contributed by atoms with E-state index in [1.54, 1.807) is 58.3 Å². The largest absolute Gasteiger partial charge is 0.478 e. The molecule has 0 bridgehead atoms. The molecule has 8 rings (SSSR count). The second-order valence-electron chi connectivity index (χ2n) is 17.8. The summed E-state index contributed by atoms with van der Waals surface area (Å²) in [6, 6.07) is 27.4. The molecule has 2 aliphatic heterocycles. The Morgan fingerprint density at radius 3 is 1.08 bits per heavy atom. The van der Waals surface area contributed by atoms with E-state index in [9.17, 15) is 28.8 Å². The van der Waals surface area contributed by atoms with Gasteiger partial charge in [0.05, 0.1) is 11.1 Å². The van der Waals surface area contributed by atoms with Gasteiger partial charge in [-0.15, -0.1) is 0 Å². The van der Waals surface area contributed by atoms with Crippen molar-refractivity contribution in [3.8, 4) is 0 Å². The Bertz CT molecular complexity index is 2140. The van der Waals surface area contributed by atoms with Gasteiger partial charge >= 0.3 is 11.9 Å². The zero-order chi connectivity index (χ0) is 45.7. The Morgan fingerprint density at radius 1 is 0.516 bits per heavy atom. The van der Waals surface area contributed by atoms with E-state index in [1.807, 2.05) is 52.0 Å². The summed E-state index contributed by atoms with van der Waals surface area (Å²) in [7, 11) is 0. The first-order chi connectivity index (χ1) is 30.8. The van der Waals surface area contributed by atoms with Gasteiger partial charge < -0.3 is 30.6 Å². The van der Waals surface area contributed by atoms with E-state index in [2.05, 4.69) is 34.9 Å². The van der Waals surface area contributed by atoms with E-state index < -0.39 is 36.1 Å². The molecule has 4 amide bonds. The molecular weight excluding hydrogens is 809 g/mol. The normalized spacial score (nSPS) is 21.0. The van der Waals surface area contributed by atoms with E-state index in [1.165, 1.54) is 22.3 Å². The van der Waals surface area contributed by atoms with Crippen LogP contribution in [0.1, 0.15) is 107 Å². The Morgan fingerprint density at radius 2 is 0.812 bits per heavy atom. The van der Waals surface area contributed by atoms with Crippen molar-refractivity contribution in [3.63, 3.8) is 0 Å².